The quantitative estimate of drug-likeness (QED) is 0.514. The SMILES string of the molecule is Cn1c(SCC(=O)Nc2ccc(Cl)c(Cl)c2)nnc1-c1ccc(Br)cc1. The van der Waals surface area contributed by atoms with Gasteiger partial charge in [-0.05, 0) is 30.3 Å². The van der Waals surface area contributed by atoms with E-state index in [-0.39, 0.29) is 11.7 Å². The van der Waals surface area contributed by atoms with Gasteiger partial charge in [0.2, 0.25) is 5.91 Å². The van der Waals surface area contributed by atoms with E-state index in [1.165, 1.54) is 11.8 Å². The van der Waals surface area contributed by atoms with E-state index in [2.05, 4.69) is 31.4 Å². The molecule has 2 aromatic carbocycles. The standard InChI is InChI=1S/C17H13BrCl2N4OS/c1-24-16(10-2-4-11(18)5-3-10)22-23-17(24)26-9-15(25)21-12-6-7-13(19)14(20)8-12/h2-8H,9H2,1H3,(H,21,25). The van der Waals surface area contributed by atoms with E-state index in [0.29, 0.717) is 20.9 Å². The highest BCUT2D eigenvalue weighted by Crippen LogP contribution is 2.26. The van der Waals surface area contributed by atoms with Gasteiger partial charge in [0.25, 0.3) is 0 Å². The number of hydrogen-bond donors (Lipinski definition) is 1. The highest BCUT2D eigenvalue weighted by Gasteiger charge is 2.13. The van der Waals surface area contributed by atoms with Crippen molar-refractivity contribution < 1.29 is 4.79 Å². The van der Waals surface area contributed by atoms with Crippen LogP contribution in [0.1, 0.15) is 0 Å². The van der Waals surface area contributed by atoms with E-state index in [9.17, 15) is 4.79 Å². The molecule has 0 aliphatic carbocycles. The fourth-order valence-corrected chi connectivity index (χ4v) is 3.47. The molecule has 0 unspecified atom stereocenters. The van der Waals surface area contributed by atoms with Crippen molar-refractivity contribution in [2.24, 2.45) is 7.05 Å². The average Bonchev–Trinajstić information content (AvgIpc) is 2.98. The number of thioether (sulfide) groups is 1. The van der Waals surface area contributed by atoms with Crippen LogP contribution >= 0.6 is 50.9 Å². The van der Waals surface area contributed by atoms with Crippen molar-refractivity contribution in [3.63, 3.8) is 0 Å². The molecule has 26 heavy (non-hydrogen) atoms. The highest BCUT2D eigenvalue weighted by molar-refractivity contribution is 9.10. The number of carbonyl (C=O) groups excluding carboxylic acids is 1. The molecule has 1 amide bonds. The molecule has 9 heteroatoms. The Morgan fingerprint density at radius 3 is 2.58 bits per heavy atom. The first kappa shape index (κ1) is 19.2. The molecule has 134 valence electrons. The Hall–Kier alpha value is -1.54. The van der Waals surface area contributed by atoms with E-state index >= 15 is 0 Å². The van der Waals surface area contributed by atoms with Crippen LogP contribution in [-0.4, -0.2) is 26.4 Å². The van der Waals surface area contributed by atoms with Crippen LogP contribution in [0.2, 0.25) is 10.0 Å². The zero-order valence-electron chi connectivity index (χ0n) is 13.5. The molecule has 5 nitrogen and oxygen atoms in total. The summed E-state index contributed by atoms with van der Waals surface area (Å²) in [5.74, 6) is 0.776. The summed E-state index contributed by atoms with van der Waals surface area (Å²) >= 11 is 16.5. The summed E-state index contributed by atoms with van der Waals surface area (Å²) in [6.45, 7) is 0. The minimum Gasteiger partial charge on any atom is -0.325 e. The third-order valence-corrected chi connectivity index (χ3v) is 5.76. The largest absolute Gasteiger partial charge is 0.325 e. The first-order valence-electron chi connectivity index (χ1n) is 7.47. The summed E-state index contributed by atoms with van der Waals surface area (Å²) in [6, 6.07) is 12.8. The normalized spacial score (nSPS) is 10.8. The minimum atomic E-state index is -0.165. The van der Waals surface area contributed by atoms with Crippen LogP contribution in [0.5, 0.6) is 0 Å². The lowest BCUT2D eigenvalue weighted by molar-refractivity contribution is -0.113. The van der Waals surface area contributed by atoms with Crippen molar-refractivity contribution in [2.75, 3.05) is 11.1 Å². The predicted octanol–water partition coefficient (Wildman–Crippen LogP) is 5.28. The van der Waals surface area contributed by atoms with Gasteiger partial charge in [-0.2, -0.15) is 0 Å². The molecule has 0 spiro atoms. The Bertz CT molecular complexity index is 946. The number of halogens is 3. The third kappa shape index (κ3) is 4.59. The Morgan fingerprint density at radius 2 is 1.88 bits per heavy atom. The molecule has 1 heterocycles. The van der Waals surface area contributed by atoms with Crippen molar-refractivity contribution in [3.8, 4) is 11.4 Å². The highest BCUT2D eigenvalue weighted by atomic mass is 79.9. The van der Waals surface area contributed by atoms with Gasteiger partial charge in [0.1, 0.15) is 0 Å². The van der Waals surface area contributed by atoms with Crippen molar-refractivity contribution in [1.82, 2.24) is 14.8 Å². The molecular weight excluding hydrogens is 459 g/mol. The molecule has 3 aromatic rings. The average molecular weight is 472 g/mol. The Morgan fingerprint density at radius 1 is 1.15 bits per heavy atom. The smallest absolute Gasteiger partial charge is 0.234 e. The van der Waals surface area contributed by atoms with Gasteiger partial charge in [-0.15, -0.1) is 10.2 Å². The molecule has 0 atom stereocenters. The Balaban J connectivity index is 1.63. The van der Waals surface area contributed by atoms with Crippen LogP contribution < -0.4 is 5.32 Å². The second-order valence-electron chi connectivity index (χ2n) is 5.34. The van der Waals surface area contributed by atoms with Gasteiger partial charge in [0.05, 0.1) is 15.8 Å². The number of rotatable bonds is 5. The summed E-state index contributed by atoms with van der Waals surface area (Å²) in [7, 11) is 1.87. The molecular formula is C17H13BrCl2N4OS. The fourth-order valence-electron chi connectivity index (χ4n) is 2.19. The summed E-state index contributed by atoms with van der Waals surface area (Å²) < 4.78 is 2.86. The fraction of sp³-hybridized carbons (Fsp3) is 0.118. The maximum Gasteiger partial charge on any atom is 0.234 e. The van der Waals surface area contributed by atoms with Gasteiger partial charge < -0.3 is 9.88 Å². The van der Waals surface area contributed by atoms with Crippen molar-refractivity contribution >= 4 is 62.5 Å². The molecule has 0 saturated carbocycles. The topological polar surface area (TPSA) is 59.8 Å². The molecule has 3 rings (SSSR count). The molecule has 0 radical (unpaired) electrons. The first-order chi connectivity index (χ1) is 12.4. The van der Waals surface area contributed by atoms with Crippen molar-refractivity contribution in [3.05, 3.63) is 57.0 Å². The van der Waals surface area contributed by atoms with E-state index < -0.39 is 0 Å². The summed E-state index contributed by atoms with van der Waals surface area (Å²) in [5.41, 5.74) is 1.55. The van der Waals surface area contributed by atoms with E-state index in [1.54, 1.807) is 18.2 Å². The van der Waals surface area contributed by atoms with E-state index in [0.717, 1.165) is 15.9 Å². The molecule has 0 aliphatic rings. The van der Waals surface area contributed by atoms with Gasteiger partial charge in [0.15, 0.2) is 11.0 Å². The zero-order valence-corrected chi connectivity index (χ0v) is 17.5. The number of benzene rings is 2. The van der Waals surface area contributed by atoms with Crippen LogP contribution in [0, 0.1) is 0 Å². The maximum absolute atomic E-state index is 12.1. The second kappa shape index (κ2) is 8.43. The lowest BCUT2D eigenvalue weighted by atomic mass is 10.2. The number of anilines is 1. The van der Waals surface area contributed by atoms with Crippen molar-refractivity contribution in [2.45, 2.75) is 5.16 Å². The summed E-state index contributed by atoms with van der Waals surface area (Å²) in [6.07, 6.45) is 0. The maximum atomic E-state index is 12.1. The van der Waals surface area contributed by atoms with E-state index in [4.69, 9.17) is 23.2 Å². The molecule has 0 aliphatic heterocycles. The monoisotopic (exact) mass is 470 g/mol. The van der Waals surface area contributed by atoms with Crippen LogP contribution in [0.3, 0.4) is 0 Å². The van der Waals surface area contributed by atoms with Crippen molar-refractivity contribution in [1.29, 1.82) is 0 Å². The van der Waals surface area contributed by atoms with Crippen LogP contribution in [0.25, 0.3) is 11.4 Å². The molecule has 1 aromatic heterocycles. The molecule has 1 N–H and O–H groups in total. The lowest BCUT2D eigenvalue weighted by Gasteiger charge is -2.06. The van der Waals surface area contributed by atoms with Gasteiger partial charge in [-0.25, -0.2) is 0 Å². The first-order valence-corrected chi connectivity index (χ1v) is 10.0. The van der Waals surface area contributed by atoms with Gasteiger partial charge in [-0.3, -0.25) is 4.79 Å². The number of aromatic nitrogens is 3. The second-order valence-corrected chi connectivity index (χ2v) is 8.01. The number of carbonyl (C=O) groups is 1. The van der Waals surface area contributed by atoms with Gasteiger partial charge in [-0.1, -0.05) is 63.0 Å². The Labute approximate surface area is 173 Å². The van der Waals surface area contributed by atoms with Crippen LogP contribution in [-0.2, 0) is 11.8 Å². The number of nitrogens with one attached hydrogen (secondary N) is 1. The van der Waals surface area contributed by atoms with Crippen LogP contribution in [0.15, 0.2) is 52.1 Å². The summed E-state index contributed by atoms with van der Waals surface area (Å²) in [5, 5.41) is 12.7. The lowest BCUT2D eigenvalue weighted by Crippen LogP contribution is -2.14. The Kier molecular flexibility index (Phi) is 6.24. The van der Waals surface area contributed by atoms with Crippen LogP contribution in [0.4, 0.5) is 5.69 Å². The summed E-state index contributed by atoms with van der Waals surface area (Å²) in [4.78, 5) is 12.1. The minimum absolute atomic E-state index is 0.165. The van der Waals surface area contributed by atoms with E-state index in [1.807, 2.05) is 35.9 Å². The van der Waals surface area contributed by atoms with Gasteiger partial charge >= 0.3 is 0 Å². The number of nitrogens with zero attached hydrogens (tertiary/aromatic N) is 3. The predicted molar refractivity (Wildman–Crippen MR) is 110 cm³/mol. The molecule has 0 bridgehead atoms. The number of hydrogen-bond acceptors (Lipinski definition) is 4. The van der Waals surface area contributed by atoms with Gasteiger partial charge in [0, 0.05) is 22.8 Å². The zero-order chi connectivity index (χ0) is 18.7. The molecule has 0 fully saturated rings. The number of amides is 1. The molecule has 0 saturated heterocycles. The third-order valence-electron chi connectivity index (χ3n) is 3.47.